The molecule has 0 bridgehead atoms. The lowest BCUT2D eigenvalue weighted by atomic mass is 10.1. The van der Waals surface area contributed by atoms with Crippen molar-refractivity contribution in [3.63, 3.8) is 0 Å². The zero-order valence-electron chi connectivity index (χ0n) is 15.5. The molecule has 2 aromatic carbocycles. The minimum absolute atomic E-state index is 0.131. The molecule has 1 aromatic heterocycles. The molecule has 0 radical (unpaired) electrons. The lowest BCUT2D eigenvalue weighted by Gasteiger charge is -2.19. The van der Waals surface area contributed by atoms with Gasteiger partial charge in [-0.1, -0.05) is 42.1 Å². The van der Waals surface area contributed by atoms with E-state index in [0.717, 1.165) is 28.6 Å². The highest BCUT2D eigenvalue weighted by Gasteiger charge is 2.38. The number of aliphatic hydroxyl groups is 1. The molecule has 28 heavy (non-hydrogen) atoms. The molecule has 6 nitrogen and oxygen atoms in total. The zero-order chi connectivity index (χ0) is 20.1. The summed E-state index contributed by atoms with van der Waals surface area (Å²) >= 11 is 1.15. The Morgan fingerprint density at radius 3 is 2.39 bits per heavy atom. The summed E-state index contributed by atoms with van der Waals surface area (Å²) in [6, 6.07) is 12.9. The fourth-order valence-electron chi connectivity index (χ4n) is 3.59. The molecule has 0 saturated carbocycles. The lowest BCUT2D eigenvalue weighted by Crippen LogP contribution is -2.26. The maximum atomic E-state index is 13.4. The van der Waals surface area contributed by atoms with E-state index in [1.54, 1.807) is 28.8 Å². The fraction of sp³-hybridized carbons (Fsp3) is 0.300. The molecule has 3 aromatic rings. The van der Waals surface area contributed by atoms with Crippen LogP contribution in [0.3, 0.4) is 0 Å². The second-order valence-electron chi connectivity index (χ2n) is 7.09. The summed E-state index contributed by atoms with van der Waals surface area (Å²) in [5, 5.41) is 10.5. The van der Waals surface area contributed by atoms with Crippen LogP contribution in [0.2, 0.25) is 0 Å². The molecule has 2 heterocycles. The summed E-state index contributed by atoms with van der Waals surface area (Å²) in [7, 11) is -3.30. The van der Waals surface area contributed by atoms with E-state index in [-0.39, 0.29) is 17.1 Å². The van der Waals surface area contributed by atoms with Gasteiger partial charge in [0.2, 0.25) is 0 Å². The second-order valence-corrected chi connectivity index (χ2v) is 10.5. The quantitative estimate of drug-likeness (QED) is 0.659. The summed E-state index contributed by atoms with van der Waals surface area (Å²) in [5.41, 5.74) is 2.92. The number of aryl methyl sites for hydroxylation is 2. The Bertz CT molecular complexity index is 1210. The van der Waals surface area contributed by atoms with E-state index in [2.05, 4.69) is 4.98 Å². The molecule has 8 heteroatoms. The van der Waals surface area contributed by atoms with Crippen LogP contribution in [0.4, 0.5) is 0 Å². The number of benzene rings is 2. The van der Waals surface area contributed by atoms with E-state index in [9.17, 15) is 18.3 Å². The number of thioether (sulfide) groups is 1. The van der Waals surface area contributed by atoms with Crippen molar-refractivity contribution in [3.05, 3.63) is 63.9 Å². The number of fused-ring (bicyclic) bond motifs is 1. The molecule has 0 amide bonds. The van der Waals surface area contributed by atoms with Gasteiger partial charge in [0.15, 0.2) is 15.0 Å². The summed E-state index contributed by atoms with van der Waals surface area (Å²) in [4.78, 5) is 18.0. The number of rotatable bonds is 3. The number of hydrogen-bond donors (Lipinski definition) is 1. The normalized spacial score (nSPS) is 21.2. The van der Waals surface area contributed by atoms with Gasteiger partial charge in [0.25, 0.3) is 5.56 Å². The highest BCUT2D eigenvalue weighted by molar-refractivity contribution is 8.01. The number of sulfone groups is 1. The van der Waals surface area contributed by atoms with Crippen LogP contribution in [0.5, 0.6) is 0 Å². The fourth-order valence-corrected chi connectivity index (χ4v) is 7.17. The third-order valence-corrected chi connectivity index (χ3v) is 8.13. The van der Waals surface area contributed by atoms with Crippen molar-refractivity contribution >= 4 is 32.5 Å². The van der Waals surface area contributed by atoms with E-state index in [4.69, 9.17) is 0 Å². The number of hydrogen-bond acceptors (Lipinski definition) is 6. The largest absolute Gasteiger partial charge is 0.391 e. The van der Waals surface area contributed by atoms with Crippen LogP contribution in [0.1, 0.15) is 11.1 Å². The van der Waals surface area contributed by atoms with Gasteiger partial charge < -0.3 is 5.11 Å². The smallest absolute Gasteiger partial charge is 0.266 e. The molecule has 0 unspecified atom stereocenters. The molecule has 146 valence electrons. The van der Waals surface area contributed by atoms with Gasteiger partial charge in [-0.15, -0.1) is 0 Å². The number of nitrogens with zero attached hydrogens (tertiary/aromatic N) is 2. The number of aromatic nitrogens is 2. The van der Waals surface area contributed by atoms with E-state index in [0.29, 0.717) is 16.1 Å². The first kappa shape index (κ1) is 19.2. The maximum Gasteiger partial charge on any atom is 0.266 e. The van der Waals surface area contributed by atoms with Crippen LogP contribution < -0.4 is 5.56 Å². The van der Waals surface area contributed by atoms with Gasteiger partial charge in [0.05, 0.1) is 39.4 Å². The molecule has 4 rings (SSSR count). The van der Waals surface area contributed by atoms with E-state index >= 15 is 0 Å². The van der Waals surface area contributed by atoms with Crippen LogP contribution in [0, 0.1) is 13.8 Å². The van der Waals surface area contributed by atoms with Crippen molar-refractivity contribution in [3.8, 4) is 5.69 Å². The molecule has 1 N–H and O–H groups in total. The average molecular weight is 417 g/mol. The monoisotopic (exact) mass is 416 g/mol. The molecule has 0 spiro atoms. The molecule has 2 atom stereocenters. The van der Waals surface area contributed by atoms with Gasteiger partial charge in [-0.3, -0.25) is 9.36 Å². The average Bonchev–Trinajstić information content (AvgIpc) is 2.89. The van der Waals surface area contributed by atoms with Crippen LogP contribution in [0.15, 0.2) is 52.4 Å². The Hall–Kier alpha value is -2.16. The summed E-state index contributed by atoms with van der Waals surface area (Å²) in [5.74, 6) is -0.389. The first-order valence-corrected chi connectivity index (χ1v) is 11.6. The van der Waals surface area contributed by atoms with Crippen molar-refractivity contribution in [2.75, 3.05) is 11.5 Å². The molecule has 1 saturated heterocycles. The Labute approximate surface area is 167 Å². The van der Waals surface area contributed by atoms with Crippen LogP contribution in [-0.2, 0) is 9.84 Å². The van der Waals surface area contributed by atoms with Crippen molar-refractivity contribution in [1.29, 1.82) is 0 Å². The molecular weight excluding hydrogens is 396 g/mol. The predicted octanol–water partition coefficient (Wildman–Crippen LogP) is 2.25. The molecule has 1 fully saturated rings. The van der Waals surface area contributed by atoms with Gasteiger partial charge >= 0.3 is 0 Å². The van der Waals surface area contributed by atoms with Crippen LogP contribution >= 0.6 is 11.8 Å². The van der Waals surface area contributed by atoms with E-state index in [1.165, 1.54) is 0 Å². The highest BCUT2D eigenvalue weighted by Crippen LogP contribution is 2.32. The minimum atomic E-state index is -3.30. The summed E-state index contributed by atoms with van der Waals surface area (Å²) < 4.78 is 25.4. The molecule has 0 aliphatic carbocycles. The number of aliphatic hydroxyl groups excluding tert-OH is 1. The zero-order valence-corrected chi connectivity index (χ0v) is 17.1. The van der Waals surface area contributed by atoms with Crippen molar-refractivity contribution in [2.45, 2.75) is 30.4 Å². The SMILES string of the molecule is Cc1cccc(C)c1-n1c(S[C@H]2CS(=O)(=O)C[C@@H]2O)nc2ccccc2c1=O. The van der Waals surface area contributed by atoms with E-state index in [1.807, 2.05) is 32.0 Å². The summed E-state index contributed by atoms with van der Waals surface area (Å²) in [6.45, 7) is 3.85. The predicted molar refractivity (Wildman–Crippen MR) is 111 cm³/mol. The van der Waals surface area contributed by atoms with Gasteiger partial charge in [-0.2, -0.15) is 0 Å². The highest BCUT2D eigenvalue weighted by atomic mass is 32.2. The third kappa shape index (κ3) is 3.36. The summed E-state index contributed by atoms with van der Waals surface area (Å²) in [6.07, 6.45) is -0.982. The van der Waals surface area contributed by atoms with Gasteiger partial charge in [0, 0.05) is 0 Å². The Morgan fingerprint density at radius 2 is 1.75 bits per heavy atom. The third-order valence-electron chi connectivity index (χ3n) is 4.94. The topological polar surface area (TPSA) is 89.3 Å². The van der Waals surface area contributed by atoms with Crippen LogP contribution in [0.25, 0.3) is 16.6 Å². The van der Waals surface area contributed by atoms with Crippen LogP contribution in [-0.4, -0.2) is 45.9 Å². The molecular formula is C20H20N2O4S2. The standard InChI is InChI=1S/C20H20N2O4S2/c1-12-6-5-7-13(2)18(12)22-19(24)14-8-3-4-9-15(14)21-20(22)27-17-11-28(25,26)10-16(17)23/h3-9,16-17,23H,10-11H2,1-2H3/t16-,17-/m0/s1. The van der Waals surface area contributed by atoms with Gasteiger partial charge in [-0.25, -0.2) is 13.4 Å². The number of para-hydroxylation sites is 2. The minimum Gasteiger partial charge on any atom is -0.391 e. The maximum absolute atomic E-state index is 13.4. The lowest BCUT2D eigenvalue weighted by molar-refractivity contribution is 0.207. The van der Waals surface area contributed by atoms with Gasteiger partial charge in [-0.05, 0) is 37.1 Å². The Kier molecular flexibility index (Phi) is 4.81. The van der Waals surface area contributed by atoms with E-state index < -0.39 is 21.2 Å². The Balaban J connectivity index is 1.96. The first-order chi connectivity index (χ1) is 13.3. The molecule has 1 aliphatic rings. The van der Waals surface area contributed by atoms with Crippen molar-refractivity contribution in [2.24, 2.45) is 0 Å². The molecule has 1 aliphatic heterocycles. The first-order valence-electron chi connectivity index (χ1n) is 8.90. The van der Waals surface area contributed by atoms with Gasteiger partial charge in [0.1, 0.15) is 0 Å². The Morgan fingerprint density at radius 1 is 1.07 bits per heavy atom. The second kappa shape index (κ2) is 7.02. The van der Waals surface area contributed by atoms with Crippen molar-refractivity contribution in [1.82, 2.24) is 9.55 Å². The van der Waals surface area contributed by atoms with Crippen molar-refractivity contribution < 1.29 is 13.5 Å².